The van der Waals surface area contributed by atoms with Gasteiger partial charge in [0, 0.05) is 30.7 Å². The van der Waals surface area contributed by atoms with E-state index >= 15 is 0 Å². The number of alkyl halides is 1. The van der Waals surface area contributed by atoms with Crippen LogP contribution in [0.2, 0.25) is 0 Å². The van der Waals surface area contributed by atoms with E-state index in [2.05, 4.69) is 70.1 Å². The van der Waals surface area contributed by atoms with Crippen LogP contribution < -0.4 is 4.90 Å². The van der Waals surface area contributed by atoms with Gasteiger partial charge in [-0.05, 0) is 18.6 Å². The molecule has 0 N–H and O–H groups in total. The molecule has 2 rings (SSSR count). The summed E-state index contributed by atoms with van der Waals surface area (Å²) in [4.78, 5) is 6.65. The highest BCUT2D eigenvalue weighted by atomic mass is 79.9. The number of nitrogens with zero attached hydrogens (tertiary/aromatic N) is 2. The van der Waals surface area contributed by atoms with Gasteiger partial charge in [-0.3, -0.25) is 0 Å². The monoisotopic (exact) mass is 304 g/mol. The summed E-state index contributed by atoms with van der Waals surface area (Å²) in [5.74, 6) is 1.04. The first-order valence-electron chi connectivity index (χ1n) is 5.97. The van der Waals surface area contributed by atoms with Crippen molar-refractivity contribution in [2.45, 2.75) is 18.8 Å². The molecule has 1 aromatic heterocycles. The van der Waals surface area contributed by atoms with Gasteiger partial charge < -0.3 is 4.90 Å². The lowest BCUT2D eigenvalue weighted by atomic mass is 10.1. The van der Waals surface area contributed by atoms with E-state index in [1.165, 1.54) is 16.7 Å². The van der Waals surface area contributed by atoms with Crippen molar-refractivity contribution in [3.05, 3.63) is 59.3 Å². The van der Waals surface area contributed by atoms with Crippen LogP contribution in [0.5, 0.6) is 0 Å². The van der Waals surface area contributed by atoms with E-state index in [0.29, 0.717) is 0 Å². The number of hydrogen-bond donors (Lipinski definition) is 0. The third-order valence-corrected chi connectivity index (χ3v) is 3.48. The molecule has 18 heavy (non-hydrogen) atoms. The van der Waals surface area contributed by atoms with Gasteiger partial charge in [0.05, 0.1) is 0 Å². The third-order valence-electron chi connectivity index (χ3n) is 2.88. The van der Waals surface area contributed by atoms with Gasteiger partial charge in [-0.1, -0.05) is 51.8 Å². The van der Waals surface area contributed by atoms with Crippen LogP contribution in [0.4, 0.5) is 5.82 Å². The molecule has 0 aliphatic rings. The molecule has 0 atom stereocenters. The van der Waals surface area contributed by atoms with Gasteiger partial charge >= 0.3 is 0 Å². The second-order valence-corrected chi connectivity index (χ2v) is 5.03. The molecule has 0 aliphatic carbocycles. The van der Waals surface area contributed by atoms with Crippen LogP contribution in [0.1, 0.15) is 16.7 Å². The van der Waals surface area contributed by atoms with Gasteiger partial charge in [-0.2, -0.15) is 0 Å². The number of hydrogen-bond acceptors (Lipinski definition) is 2. The lowest BCUT2D eigenvalue weighted by molar-refractivity contribution is 0.889. The number of benzene rings is 1. The molecule has 2 aromatic rings. The molecule has 1 heterocycles. The minimum atomic E-state index is 0.828. The summed E-state index contributed by atoms with van der Waals surface area (Å²) in [6.45, 7) is 2.99. The van der Waals surface area contributed by atoms with Crippen molar-refractivity contribution in [3.63, 3.8) is 0 Å². The summed E-state index contributed by atoms with van der Waals surface area (Å²) >= 11 is 3.51. The van der Waals surface area contributed by atoms with E-state index in [0.717, 1.165) is 17.7 Å². The fraction of sp³-hybridized carbons (Fsp3) is 0.267. The topological polar surface area (TPSA) is 16.1 Å². The first-order chi connectivity index (χ1) is 8.70. The Morgan fingerprint density at radius 3 is 2.78 bits per heavy atom. The predicted molar refractivity (Wildman–Crippen MR) is 80.2 cm³/mol. The molecule has 0 aliphatic heterocycles. The molecule has 0 saturated heterocycles. The maximum atomic E-state index is 4.46. The van der Waals surface area contributed by atoms with Crippen molar-refractivity contribution in [1.29, 1.82) is 0 Å². The van der Waals surface area contributed by atoms with Gasteiger partial charge in [0.2, 0.25) is 0 Å². The van der Waals surface area contributed by atoms with Crippen LogP contribution >= 0.6 is 15.9 Å². The molecular formula is C15H17BrN2. The number of aromatic nitrogens is 1. The molecule has 0 saturated carbocycles. The standard InChI is InChI=1S/C15H17BrN2/c1-12-5-3-6-13(9-12)11-18(2)15-14(10-16)7-4-8-17-15/h3-9H,10-11H2,1-2H3. The Balaban J connectivity index is 2.19. The molecule has 0 fully saturated rings. The van der Waals surface area contributed by atoms with E-state index < -0.39 is 0 Å². The molecule has 0 amide bonds. The quantitative estimate of drug-likeness (QED) is 0.796. The highest BCUT2D eigenvalue weighted by Crippen LogP contribution is 2.20. The summed E-state index contributed by atoms with van der Waals surface area (Å²) < 4.78 is 0. The smallest absolute Gasteiger partial charge is 0.132 e. The molecule has 0 bridgehead atoms. The van der Waals surface area contributed by atoms with E-state index in [1.54, 1.807) is 0 Å². The first-order valence-corrected chi connectivity index (χ1v) is 7.09. The molecular weight excluding hydrogens is 288 g/mol. The van der Waals surface area contributed by atoms with Crippen LogP contribution in [-0.2, 0) is 11.9 Å². The Kier molecular flexibility index (Phi) is 4.37. The Hall–Kier alpha value is -1.35. The highest BCUT2D eigenvalue weighted by Gasteiger charge is 2.08. The van der Waals surface area contributed by atoms with Crippen LogP contribution in [-0.4, -0.2) is 12.0 Å². The zero-order chi connectivity index (χ0) is 13.0. The minimum absolute atomic E-state index is 0.828. The summed E-state index contributed by atoms with van der Waals surface area (Å²) in [5.41, 5.74) is 3.82. The second kappa shape index (κ2) is 6.01. The summed E-state index contributed by atoms with van der Waals surface area (Å²) in [7, 11) is 2.08. The van der Waals surface area contributed by atoms with E-state index in [-0.39, 0.29) is 0 Å². The van der Waals surface area contributed by atoms with Gasteiger partial charge in [-0.25, -0.2) is 4.98 Å². The second-order valence-electron chi connectivity index (χ2n) is 4.46. The first kappa shape index (κ1) is 13.1. The Bertz CT molecular complexity index is 525. The summed E-state index contributed by atoms with van der Waals surface area (Å²) in [6.07, 6.45) is 1.84. The minimum Gasteiger partial charge on any atom is -0.355 e. The normalized spacial score (nSPS) is 10.4. The van der Waals surface area contributed by atoms with Crippen molar-refractivity contribution in [3.8, 4) is 0 Å². The molecule has 94 valence electrons. The van der Waals surface area contributed by atoms with Gasteiger partial charge in [0.25, 0.3) is 0 Å². The number of halogens is 1. The van der Waals surface area contributed by atoms with Crippen LogP contribution in [0.25, 0.3) is 0 Å². The Labute approximate surface area is 117 Å². The van der Waals surface area contributed by atoms with Crippen molar-refractivity contribution in [2.75, 3.05) is 11.9 Å². The van der Waals surface area contributed by atoms with Crippen molar-refractivity contribution in [1.82, 2.24) is 4.98 Å². The number of aryl methyl sites for hydroxylation is 1. The lowest BCUT2D eigenvalue weighted by Gasteiger charge is -2.20. The van der Waals surface area contributed by atoms with Crippen molar-refractivity contribution < 1.29 is 0 Å². The molecule has 0 unspecified atom stereocenters. The summed E-state index contributed by atoms with van der Waals surface area (Å²) in [6, 6.07) is 12.7. The molecule has 1 aromatic carbocycles. The van der Waals surface area contributed by atoms with Crippen LogP contribution in [0.3, 0.4) is 0 Å². The SMILES string of the molecule is Cc1cccc(CN(C)c2ncccc2CBr)c1. The fourth-order valence-electron chi connectivity index (χ4n) is 2.04. The molecule has 3 heteroatoms. The zero-order valence-corrected chi connectivity index (χ0v) is 12.3. The average molecular weight is 305 g/mol. The van der Waals surface area contributed by atoms with E-state index in [9.17, 15) is 0 Å². The average Bonchev–Trinajstić information content (AvgIpc) is 2.38. The highest BCUT2D eigenvalue weighted by molar-refractivity contribution is 9.08. The van der Waals surface area contributed by atoms with Crippen molar-refractivity contribution >= 4 is 21.7 Å². The number of pyridine rings is 1. The van der Waals surface area contributed by atoms with Crippen LogP contribution in [0, 0.1) is 6.92 Å². The van der Waals surface area contributed by atoms with Crippen LogP contribution in [0.15, 0.2) is 42.6 Å². The Morgan fingerprint density at radius 1 is 1.22 bits per heavy atom. The number of anilines is 1. The van der Waals surface area contributed by atoms with E-state index in [1.807, 2.05) is 12.3 Å². The largest absolute Gasteiger partial charge is 0.355 e. The summed E-state index contributed by atoms with van der Waals surface area (Å²) in [5, 5.41) is 0.828. The van der Waals surface area contributed by atoms with Gasteiger partial charge in [0.15, 0.2) is 0 Å². The zero-order valence-electron chi connectivity index (χ0n) is 10.7. The molecule has 0 radical (unpaired) electrons. The lowest BCUT2D eigenvalue weighted by Crippen LogP contribution is -2.19. The van der Waals surface area contributed by atoms with Crippen molar-refractivity contribution in [2.24, 2.45) is 0 Å². The maximum absolute atomic E-state index is 4.46. The molecule has 2 nitrogen and oxygen atoms in total. The number of rotatable bonds is 4. The van der Waals surface area contributed by atoms with Gasteiger partial charge in [0.1, 0.15) is 5.82 Å². The fourth-order valence-corrected chi connectivity index (χ4v) is 2.48. The third kappa shape index (κ3) is 3.10. The Morgan fingerprint density at radius 2 is 2.06 bits per heavy atom. The maximum Gasteiger partial charge on any atom is 0.132 e. The molecule has 0 spiro atoms. The predicted octanol–water partition coefficient (Wildman–Crippen LogP) is 3.92. The van der Waals surface area contributed by atoms with Gasteiger partial charge in [-0.15, -0.1) is 0 Å². The van der Waals surface area contributed by atoms with E-state index in [4.69, 9.17) is 0 Å².